The van der Waals surface area contributed by atoms with Crippen molar-refractivity contribution in [3.63, 3.8) is 0 Å². The van der Waals surface area contributed by atoms with Gasteiger partial charge in [0.05, 0.1) is 183 Å². The maximum absolute atomic E-state index is 14.9. The van der Waals surface area contributed by atoms with Crippen LogP contribution in [0.25, 0.3) is 21.3 Å². The predicted molar refractivity (Wildman–Crippen MR) is 531 cm³/mol. The third-order valence-electron chi connectivity index (χ3n) is 25.5. The second-order valence-electron chi connectivity index (χ2n) is 37.1. The minimum Gasteiger partial charge on any atom is -0.445 e. The first-order chi connectivity index (χ1) is 66.6. The summed E-state index contributed by atoms with van der Waals surface area (Å²) in [5.41, 5.74) is 22.4. The number of carbonyl (C=O) groups excluding carboxylic acids is 10. The first-order valence-electron chi connectivity index (χ1n) is 49.4. The van der Waals surface area contributed by atoms with Gasteiger partial charge in [-0.2, -0.15) is 0 Å². The van der Waals surface area contributed by atoms with E-state index < -0.39 is 144 Å². The van der Waals surface area contributed by atoms with Crippen molar-refractivity contribution < 1.29 is 105 Å². The van der Waals surface area contributed by atoms with Crippen LogP contribution in [0, 0.1) is 42.4 Å². The lowest BCUT2D eigenvalue weighted by atomic mass is 9.89. The average molecular weight is 1970 g/mol. The van der Waals surface area contributed by atoms with Gasteiger partial charge in [-0.1, -0.05) is 125 Å². The minimum atomic E-state index is -1.35. The number of likely N-dealkylation sites (tertiary alicyclic amines) is 2. The molecular weight excluding hydrogens is 1810 g/mol. The summed E-state index contributed by atoms with van der Waals surface area (Å²) < 4.78 is 66.7. The van der Waals surface area contributed by atoms with E-state index in [0.29, 0.717) is 140 Å². The van der Waals surface area contributed by atoms with E-state index in [1.54, 1.807) is 120 Å². The number of aliphatic hydroxyl groups is 1. The highest BCUT2D eigenvalue weighted by Gasteiger charge is 2.45. The summed E-state index contributed by atoms with van der Waals surface area (Å²) in [4.78, 5) is 155. The fourth-order valence-corrected chi connectivity index (χ4v) is 18.4. The number of nitrogens with zero attached hydrogens (tertiary/aromatic N) is 7. The number of aromatic nitrogens is 3. The van der Waals surface area contributed by atoms with Crippen molar-refractivity contribution in [2.45, 2.75) is 240 Å². The highest BCUT2D eigenvalue weighted by molar-refractivity contribution is 7.19. The van der Waals surface area contributed by atoms with Crippen LogP contribution in [-0.2, 0) is 110 Å². The van der Waals surface area contributed by atoms with E-state index in [4.69, 9.17) is 74.3 Å². The first-order valence-corrected chi connectivity index (χ1v) is 50.2. The van der Waals surface area contributed by atoms with Crippen molar-refractivity contribution in [2.24, 2.45) is 47.0 Å². The molecule has 5 heterocycles. The number of amides is 11. The number of nitrogens with two attached hydrogens (primary N) is 3. The molecule has 13 atom stereocenters. The molecule has 2 fully saturated rings. The maximum Gasteiger partial charge on any atom is 0.410 e. The van der Waals surface area contributed by atoms with Gasteiger partial charge in [-0.3, -0.25) is 43.3 Å². The normalized spacial score (nSPS) is 16.4. The van der Waals surface area contributed by atoms with Crippen LogP contribution < -0.4 is 54.4 Å². The Balaban J connectivity index is 0.719. The number of rotatable bonds is 67. The Bertz CT molecular complexity index is 4550. The van der Waals surface area contributed by atoms with E-state index in [9.17, 15) is 53.1 Å². The number of unbranched alkanes of at least 4 members (excludes halogenated alkanes) is 1. The number of thiophene rings is 1. The van der Waals surface area contributed by atoms with Gasteiger partial charge in [0.25, 0.3) is 0 Å². The molecule has 2 aliphatic heterocycles. The number of primary amides is 1. The Morgan fingerprint density at radius 2 is 1.20 bits per heavy atom. The molecule has 3 aromatic heterocycles. The van der Waals surface area contributed by atoms with Crippen LogP contribution in [0.3, 0.4) is 0 Å². The van der Waals surface area contributed by atoms with Crippen LogP contribution in [0.2, 0.25) is 0 Å². The number of hydrogen-bond acceptors (Lipinski definition) is 28. The van der Waals surface area contributed by atoms with Crippen LogP contribution >= 0.6 is 11.3 Å². The number of piperidine rings is 1. The summed E-state index contributed by atoms with van der Waals surface area (Å²) >= 11 is 1.78. The zero-order valence-corrected chi connectivity index (χ0v) is 85.7. The van der Waals surface area contributed by atoms with E-state index in [-0.39, 0.29) is 76.5 Å². The van der Waals surface area contributed by atoms with Gasteiger partial charge in [0.15, 0.2) is 5.82 Å². The molecule has 5 aromatic rings. The molecule has 139 heavy (non-hydrogen) atoms. The number of likely N-dealkylation sites (N-methyl/N-ethyl adjacent to an activating group) is 2. The number of nitrogens with one attached hydrogen (secondary N) is 7. The molecule has 11 amide bonds. The van der Waals surface area contributed by atoms with E-state index >= 15 is 0 Å². The predicted octanol–water partition coefficient (Wildman–Crippen LogP) is 7.16. The lowest BCUT2D eigenvalue weighted by Crippen LogP contribution is -2.60. The van der Waals surface area contributed by atoms with E-state index in [1.807, 2.05) is 32.0 Å². The van der Waals surface area contributed by atoms with Crippen molar-refractivity contribution in [1.29, 1.82) is 0 Å². The lowest BCUT2D eigenvalue weighted by molar-refractivity contribution is -0.148. The summed E-state index contributed by atoms with van der Waals surface area (Å²) in [5.74, 6) is -4.41. The Kier molecular flexibility index (Phi) is 52.1. The molecule has 780 valence electrons. The summed E-state index contributed by atoms with van der Waals surface area (Å²) in [6.07, 6.45) is 3.70. The van der Waals surface area contributed by atoms with E-state index in [1.165, 1.54) is 35.7 Å². The third-order valence-corrected chi connectivity index (χ3v) is 26.5. The molecule has 2 saturated heterocycles. The number of benzene rings is 2. The number of aliphatic hydroxyl groups excluding tert-OH is 1. The summed E-state index contributed by atoms with van der Waals surface area (Å²) in [6.45, 7) is 33.1. The molecule has 2 aliphatic rings. The number of urea groups is 1. The van der Waals surface area contributed by atoms with E-state index in [2.05, 4.69) is 71.6 Å². The van der Waals surface area contributed by atoms with Gasteiger partial charge >= 0.3 is 12.1 Å². The van der Waals surface area contributed by atoms with Gasteiger partial charge < -0.3 is 131 Å². The summed E-state index contributed by atoms with van der Waals surface area (Å²) in [6, 6.07) is 9.04. The third kappa shape index (κ3) is 38.1. The van der Waals surface area contributed by atoms with Crippen molar-refractivity contribution in [3.8, 4) is 0 Å². The van der Waals surface area contributed by atoms with Gasteiger partial charge in [0, 0.05) is 78.0 Å². The Hall–Kier alpha value is -9.40. The lowest BCUT2D eigenvalue weighted by Gasteiger charge is -2.41. The number of fused-ring (bicyclic) bond motifs is 3. The Morgan fingerprint density at radius 3 is 1.76 bits per heavy atom. The molecule has 39 nitrogen and oxygen atoms in total. The number of pyridine rings is 1. The number of imidazole rings is 1. The molecule has 0 spiro atoms. The van der Waals surface area contributed by atoms with Crippen molar-refractivity contribution in [2.75, 3.05) is 184 Å². The molecule has 14 N–H and O–H groups in total. The van der Waals surface area contributed by atoms with Crippen LogP contribution in [0.1, 0.15) is 175 Å². The van der Waals surface area contributed by atoms with E-state index in [0.717, 1.165) is 80.7 Å². The SMILES string of the molecule is CCCCc1nc2c(N)nc3cc(C)sc3c2n1CC1CCN(CCOCCOCCOCCOCCOCCOCCOCCOCCNC(=O)C[C@H](N)C(=O)N[C@H](C(=O)N[C@@H](CCCNC(N)=O)C(=O)Nc2ccc(COC(=O)N(C)[C@H](C(=O)N[C@H](C(=O)N(C)[C@@H]([C@@H](C)CC)[C@@H](CC(=O)N3CCC[C@H]3[C@H](OC)[C@@H](C)C(=O)N[C@H](C)[C@@H](O)c3ccccc3)OC)C(C)C)C(C)C)cc2)C(C)C)CC1. The molecular formula is C99H161N17O22S. The van der Waals surface area contributed by atoms with Crippen LogP contribution in [-0.4, -0.2) is 332 Å². The topological polar surface area (TPSA) is 498 Å². The maximum atomic E-state index is 14.9. The second kappa shape index (κ2) is 62.1. The molecule has 0 aliphatic carbocycles. The highest BCUT2D eigenvalue weighted by atomic mass is 32.1. The molecule has 0 bridgehead atoms. The zero-order valence-electron chi connectivity index (χ0n) is 84.8. The number of aryl methyl sites for hydroxylation is 2. The largest absolute Gasteiger partial charge is 0.445 e. The quantitative estimate of drug-likeness (QED) is 0.0172. The number of methoxy groups -OCH3 is 2. The fraction of sp³-hybridized carbons (Fsp3) is 0.697. The molecule has 7 rings (SSSR count). The highest BCUT2D eigenvalue weighted by Crippen LogP contribution is 2.37. The number of nitrogen functional groups attached to an aromatic ring is 1. The average Bonchev–Trinajstić information content (AvgIpc) is 1.59. The molecule has 0 radical (unpaired) electrons. The van der Waals surface area contributed by atoms with Gasteiger partial charge in [0.2, 0.25) is 47.3 Å². The molecule has 0 saturated carbocycles. The Morgan fingerprint density at radius 1 is 0.619 bits per heavy atom. The summed E-state index contributed by atoms with van der Waals surface area (Å²) in [5, 5.41) is 30.2. The fourth-order valence-electron chi connectivity index (χ4n) is 17.4. The van der Waals surface area contributed by atoms with Gasteiger partial charge in [-0.15, -0.1) is 11.3 Å². The first kappa shape index (κ1) is 117. The number of anilines is 2. The van der Waals surface area contributed by atoms with Crippen molar-refractivity contribution in [3.05, 3.63) is 82.5 Å². The standard InChI is InChI=1S/C99H161N17O22S/c1-17-19-29-79-109-84-87(90-76(107-91(84)101)58-67(10)139-90)116(79)61-70-34-39-114(40-35-70)41-43-131-45-47-133-49-51-135-53-55-137-57-56-136-54-52-134-50-48-132-46-44-130-42-37-103-80(117)59-74(100)93(121)110-82(63(3)4)95(123)108-75(27-23-36-104-98(102)126)94(122)106-73-32-30-71(31-33-73)62-138-99(127)113(14)85(65(7)8)96(124)111-83(64(5)6)97(125)112(13)86(66(9)18-2)78(128-15)60-81(118)115-38-24-28-77(115)89(129-16)68(11)92(120)105-69(12)88(119)72-25-21-20-22-26-72/h20-22,25-26,30-33,58,63-66,68-70,74-75,77-78,82-83,85-86,88-89,119H,17-19,23-24,27-29,34-57,59-62,100H2,1-16H3,(H2,101,107)(H,103,117)(H,105,120)(H,106,122)(H,108,123)(H,110,121)(H,111,124)(H3,102,104,126)/t66-,68+,69+,74-,75-,77-,78+,82-,83-,85-,86-,88+,89+/m0/s1. The van der Waals surface area contributed by atoms with Crippen LogP contribution in [0.15, 0.2) is 60.7 Å². The Labute approximate surface area is 824 Å². The van der Waals surface area contributed by atoms with Gasteiger partial charge in [-0.25, -0.2) is 19.6 Å². The second-order valence-corrected chi connectivity index (χ2v) is 38.3. The molecule has 2 aromatic carbocycles. The molecule has 40 heteroatoms. The van der Waals surface area contributed by atoms with Crippen molar-refractivity contribution in [1.82, 2.24) is 66.0 Å². The van der Waals surface area contributed by atoms with Crippen LogP contribution in [0.4, 0.5) is 21.1 Å². The number of carbonyl (C=O) groups is 10. The van der Waals surface area contributed by atoms with Crippen molar-refractivity contribution >= 4 is 103 Å². The smallest absolute Gasteiger partial charge is 0.410 e. The molecule has 0 unspecified atom stereocenters. The number of hydrogen-bond donors (Lipinski definition) is 11. The summed E-state index contributed by atoms with van der Waals surface area (Å²) in [7, 11) is 6.06. The number of ether oxygens (including phenoxy) is 11. The van der Waals surface area contributed by atoms with Crippen LogP contribution in [0.5, 0.6) is 0 Å². The zero-order chi connectivity index (χ0) is 102. The monoisotopic (exact) mass is 1970 g/mol. The van der Waals surface area contributed by atoms with Gasteiger partial charge in [-0.05, 0) is 131 Å². The van der Waals surface area contributed by atoms with Gasteiger partial charge in [0.1, 0.15) is 42.1 Å². The minimum absolute atomic E-state index is 0.0191.